The van der Waals surface area contributed by atoms with Crippen molar-refractivity contribution in [2.75, 3.05) is 17.2 Å². The molecule has 2 N–H and O–H groups in total. The number of amides is 2. The van der Waals surface area contributed by atoms with Crippen molar-refractivity contribution >= 4 is 52.5 Å². The molecule has 2 amide bonds. The first-order chi connectivity index (χ1) is 15.9. The van der Waals surface area contributed by atoms with E-state index in [1.165, 1.54) is 42.5 Å². The van der Waals surface area contributed by atoms with Crippen LogP contribution in [0.5, 0.6) is 5.75 Å². The topological polar surface area (TPSA) is 91.2 Å². The van der Waals surface area contributed by atoms with Gasteiger partial charge in [0.1, 0.15) is 23.2 Å². The monoisotopic (exact) mass is 483 g/mol. The Morgan fingerprint density at radius 2 is 1.76 bits per heavy atom. The number of hydrogen-bond acceptors (Lipinski definition) is 4. The molecule has 9 heteroatoms. The first kappa shape index (κ1) is 23.8. The number of ether oxygens (including phenoxy) is 1. The maximum atomic E-state index is 13.0. The SMILES string of the molecule is N#CC(=Cc1cc(Cl)ccc1OCC(=O)Nc1ccc(F)cc1)C(=O)Nc1ccccc1Cl. The summed E-state index contributed by atoms with van der Waals surface area (Å²) in [6, 6.07) is 18.3. The van der Waals surface area contributed by atoms with Gasteiger partial charge in [-0.25, -0.2) is 4.39 Å². The Balaban J connectivity index is 1.75. The number of nitriles is 1. The van der Waals surface area contributed by atoms with Gasteiger partial charge in [-0.3, -0.25) is 9.59 Å². The Labute approximate surface area is 199 Å². The fraction of sp³-hybridized carbons (Fsp3) is 0.0417. The second-order valence-electron chi connectivity index (χ2n) is 6.63. The molecule has 0 atom stereocenters. The molecule has 0 aliphatic rings. The van der Waals surface area contributed by atoms with Crippen LogP contribution in [0.25, 0.3) is 6.08 Å². The molecular weight excluding hydrogens is 468 g/mol. The summed E-state index contributed by atoms with van der Waals surface area (Å²) in [5.74, 6) is -1.35. The van der Waals surface area contributed by atoms with E-state index in [9.17, 15) is 19.2 Å². The van der Waals surface area contributed by atoms with Gasteiger partial charge in [0, 0.05) is 16.3 Å². The molecule has 0 unspecified atom stereocenters. The summed E-state index contributed by atoms with van der Waals surface area (Å²) in [5.41, 5.74) is 0.857. The maximum Gasteiger partial charge on any atom is 0.266 e. The molecule has 0 fully saturated rings. The maximum absolute atomic E-state index is 13.0. The van der Waals surface area contributed by atoms with E-state index in [0.717, 1.165) is 0 Å². The van der Waals surface area contributed by atoms with Crippen molar-refractivity contribution in [1.82, 2.24) is 0 Å². The number of para-hydroxylation sites is 1. The number of rotatable bonds is 7. The summed E-state index contributed by atoms with van der Waals surface area (Å²) in [5, 5.41) is 15.3. The fourth-order valence-corrected chi connectivity index (χ4v) is 3.06. The van der Waals surface area contributed by atoms with Crippen molar-refractivity contribution in [3.05, 3.63) is 93.7 Å². The molecule has 166 valence electrons. The number of carbonyl (C=O) groups is 2. The van der Waals surface area contributed by atoms with Crippen LogP contribution >= 0.6 is 23.2 Å². The van der Waals surface area contributed by atoms with Gasteiger partial charge in [-0.15, -0.1) is 0 Å². The zero-order chi connectivity index (χ0) is 23.8. The molecule has 3 aromatic rings. The minimum Gasteiger partial charge on any atom is -0.483 e. The van der Waals surface area contributed by atoms with Crippen LogP contribution in [-0.2, 0) is 9.59 Å². The third kappa shape index (κ3) is 6.81. The highest BCUT2D eigenvalue weighted by molar-refractivity contribution is 6.34. The molecule has 3 rings (SSSR count). The molecule has 0 radical (unpaired) electrons. The van der Waals surface area contributed by atoms with Gasteiger partial charge in [0.25, 0.3) is 11.8 Å². The Morgan fingerprint density at radius 1 is 1.03 bits per heavy atom. The molecule has 0 bridgehead atoms. The van der Waals surface area contributed by atoms with Gasteiger partial charge in [-0.05, 0) is 60.7 Å². The Kier molecular flexibility index (Phi) is 8.03. The van der Waals surface area contributed by atoms with E-state index < -0.39 is 17.6 Å². The van der Waals surface area contributed by atoms with Crippen molar-refractivity contribution in [3.8, 4) is 11.8 Å². The molecule has 0 aliphatic carbocycles. The average molecular weight is 484 g/mol. The second-order valence-corrected chi connectivity index (χ2v) is 7.47. The molecular formula is C24H16Cl2FN3O3. The van der Waals surface area contributed by atoms with Gasteiger partial charge in [0.05, 0.1) is 10.7 Å². The molecule has 3 aromatic carbocycles. The molecule has 0 heterocycles. The molecule has 0 aliphatic heterocycles. The van der Waals surface area contributed by atoms with Gasteiger partial charge in [0.2, 0.25) is 0 Å². The van der Waals surface area contributed by atoms with Crippen LogP contribution in [0.2, 0.25) is 10.0 Å². The van der Waals surface area contributed by atoms with Gasteiger partial charge in [0.15, 0.2) is 6.61 Å². The summed E-state index contributed by atoms with van der Waals surface area (Å²) in [7, 11) is 0. The lowest BCUT2D eigenvalue weighted by molar-refractivity contribution is -0.118. The van der Waals surface area contributed by atoms with E-state index in [1.807, 2.05) is 6.07 Å². The zero-order valence-electron chi connectivity index (χ0n) is 16.9. The van der Waals surface area contributed by atoms with Crippen molar-refractivity contribution in [2.24, 2.45) is 0 Å². The lowest BCUT2D eigenvalue weighted by Crippen LogP contribution is -2.20. The Morgan fingerprint density at radius 3 is 2.45 bits per heavy atom. The Hall–Kier alpha value is -3.86. The number of nitrogens with one attached hydrogen (secondary N) is 2. The Bertz CT molecular complexity index is 1250. The second kappa shape index (κ2) is 11.1. The first-order valence-electron chi connectivity index (χ1n) is 9.51. The summed E-state index contributed by atoms with van der Waals surface area (Å²) >= 11 is 12.1. The van der Waals surface area contributed by atoms with Crippen LogP contribution in [0.3, 0.4) is 0 Å². The summed E-state index contributed by atoms with van der Waals surface area (Å²) in [6.07, 6.45) is 1.30. The van der Waals surface area contributed by atoms with Gasteiger partial charge < -0.3 is 15.4 Å². The number of anilines is 2. The van der Waals surface area contributed by atoms with Crippen LogP contribution in [-0.4, -0.2) is 18.4 Å². The number of nitrogens with zero attached hydrogens (tertiary/aromatic N) is 1. The van der Waals surface area contributed by atoms with E-state index in [1.54, 1.807) is 30.3 Å². The lowest BCUT2D eigenvalue weighted by Gasteiger charge is -2.11. The van der Waals surface area contributed by atoms with Crippen LogP contribution in [0.4, 0.5) is 15.8 Å². The van der Waals surface area contributed by atoms with Crippen LogP contribution in [0.15, 0.2) is 72.3 Å². The van der Waals surface area contributed by atoms with E-state index in [4.69, 9.17) is 27.9 Å². The molecule has 0 aromatic heterocycles. The molecule has 0 spiro atoms. The molecule has 0 saturated carbocycles. The summed E-state index contributed by atoms with van der Waals surface area (Å²) < 4.78 is 18.6. The highest BCUT2D eigenvalue weighted by Gasteiger charge is 2.14. The largest absolute Gasteiger partial charge is 0.483 e. The van der Waals surface area contributed by atoms with Crippen LogP contribution < -0.4 is 15.4 Å². The minimum atomic E-state index is -0.675. The normalized spacial score (nSPS) is 10.8. The zero-order valence-corrected chi connectivity index (χ0v) is 18.5. The van der Waals surface area contributed by atoms with E-state index in [2.05, 4.69) is 10.6 Å². The third-order valence-corrected chi connectivity index (χ3v) is 4.81. The van der Waals surface area contributed by atoms with Crippen molar-refractivity contribution in [3.63, 3.8) is 0 Å². The highest BCUT2D eigenvalue weighted by atomic mass is 35.5. The van der Waals surface area contributed by atoms with E-state index in [-0.39, 0.29) is 17.9 Å². The molecule has 6 nitrogen and oxygen atoms in total. The van der Waals surface area contributed by atoms with Gasteiger partial charge >= 0.3 is 0 Å². The third-order valence-electron chi connectivity index (χ3n) is 4.25. The smallest absolute Gasteiger partial charge is 0.266 e. The van der Waals surface area contributed by atoms with E-state index >= 15 is 0 Å². The highest BCUT2D eigenvalue weighted by Crippen LogP contribution is 2.26. The quantitative estimate of drug-likeness (QED) is 0.333. The van der Waals surface area contributed by atoms with Crippen molar-refractivity contribution in [2.45, 2.75) is 0 Å². The predicted molar refractivity (Wildman–Crippen MR) is 126 cm³/mol. The van der Waals surface area contributed by atoms with Gasteiger partial charge in [-0.2, -0.15) is 5.26 Å². The van der Waals surface area contributed by atoms with Gasteiger partial charge in [-0.1, -0.05) is 35.3 Å². The molecule has 0 saturated heterocycles. The van der Waals surface area contributed by atoms with Crippen molar-refractivity contribution < 1.29 is 18.7 Å². The number of benzene rings is 3. The predicted octanol–water partition coefficient (Wildman–Crippen LogP) is 5.70. The van der Waals surface area contributed by atoms with E-state index in [0.29, 0.717) is 27.0 Å². The standard InChI is InChI=1S/C24H16Cl2FN3O3/c25-17-5-10-22(33-14-23(31)29-19-8-6-18(27)7-9-19)15(12-17)11-16(13-28)24(32)30-21-4-2-1-3-20(21)26/h1-12H,14H2,(H,29,31)(H,30,32). The minimum absolute atomic E-state index is 0.224. The first-order valence-corrected chi connectivity index (χ1v) is 10.3. The lowest BCUT2D eigenvalue weighted by atomic mass is 10.1. The van der Waals surface area contributed by atoms with Crippen molar-refractivity contribution in [1.29, 1.82) is 5.26 Å². The number of halogens is 3. The number of hydrogen-bond donors (Lipinski definition) is 2. The van der Waals surface area contributed by atoms with Crippen LogP contribution in [0, 0.1) is 17.1 Å². The number of carbonyl (C=O) groups excluding carboxylic acids is 2. The molecule has 33 heavy (non-hydrogen) atoms. The van der Waals surface area contributed by atoms with Crippen LogP contribution in [0.1, 0.15) is 5.56 Å². The summed E-state index contributed by atoms with van der Waals surface area (Å²) in [6.45, 7) is -0.368. The average Bonchev–Trinajstić information content (AvgIpc) is 2.79. The fourth-order valence-electron chi connectivity index (χ4n) is 2.69. The summed E-state index contributed by atoms with van der Waals surface area (Å²) in [4.78, 5) is 24.7.